The Kier molecular flexibility index (Phi) is 16.4. The van der Waals surface area contributed by atoms with Gasteiger partial charge in [-0.25, -0.2) is 4.79 Å². The highest BCUT2D eigenvalue weighted by molar-refractivity contribution is 5.94. The lowest BCUT2D eigenvalue weighted by Crippen LogP contribution is -2.43. The van der Waals surface area contributed by atoms with E-state index >= 15 is 0 Å². The van der Waals surface area contributed by atoms with Crippen molar-refractivity contribution in [2.24, 2.45) is 5.92 Å². The van der Waals surface area contributed by atoms with Gasteiger partial charge < -0.3 is 25.3 Å². The predicted molar refractivity (Wildman–Crippen MR) is 187 cm³/mol. The molecule has 0 saturated carbocycles. The zero-order chi connectivity index (χ0) is 33.1. The largest absolute Gasteiger partial charge is 0.378 e. The number of amides is 3. The van der Waals surface area contributed by atoms with Gasteiger partial charge in [0.05, 0.1) is 6.54 Å². The van der Waals surface area contributed by atoms with Gasteiger partial charge in [-0.2, -0.15) is 0 Å². The summed E-state index contributed by atoms with van der Waals surface area (Å²) < 4.78 is 0. The van der Waals surface area contributed by atoms with Crippen LogP contribution in [0.5, 0.6) is 0 Å². The van der Waals surface area contributed by atoms with Gasteiger partial charge in [-0.1, -0.05) is 76.8 Å². The first kappa shape index (κ1) is 36.9. The summed E-state index contributed by atoms with van der Waals surface area (Å²) in [7, 11) is 3.97. The smallest absolute Gasteiger partial charge is 0.322 e. The number of benzene rings is 2. The van der Waals surface area contributed by atoms with Crippen LogP contribution in [0.3, 0.4) is 0 Å². The third-order valence-electron chi connectivity index (χ3n) is 8.65. The number of unbranched alkanes of at least 4 members (excludes halogenated alkanes) is 9. The van der Waals surface area contributed by atoms with Crippen molar-refractivity contribution < 1.29 is 19.2 Å². The number of rotatable bonds is 19. The number of piperidine rings is 1. The van der Waals surface area contributed by atoms with Crippen LogP contribution < -0.4 is 15.5 Å². The Bertz CT molecular complexity index is 1180. The van der Waals surface area contributed by atoms with E-state index in [9.17, 15) is 14.4 Å². The normalized spacial score (nSPS) is 13.5. The van der Waals surface area contributed by atoms with Gasteiger partial charge in [0, 0.05) is 64.1 Å². The van der Waals surface area contributed by atoms with E-state index in [0.29, 0.717) is 44.2 Å². The zero-order valence-electron chi connectivity index (χ0n) is 28.7. The summed E-state index contributed by atoms with van der Waals surface area (Å²) in [6.45, 7) is 6.66. The molecule has 1 aliphatic rings. The lowest BCUT2D eigenvalue weighted by molar-refractivity contribution is -0.194. The minimum absolute atomic E-state index is 0.0549. The molecule has 1 aliphatic heterocycles. The Morgan fingerprint density at radius 1 is 0.826 bits per heavy atom. The molecule has 2 aromatic carbocycles. The second-order valence-corrected chi connectivity index (χ2v) is 12.8. The van der Waals surface area contributed by atoms with E-state index in [0.717, 1.165) is 42.6 Å². The molecule has 3 rings (SSSR count). The molecule has 0 atom stereocenters. The fraction of sp³-hybridized carbons (Fsp3) is 0.595. The predicted octanol–water partition coefficient (Wildman–Crippen LogP) is 7.63. The highest BCUT2D eigenvalue weighted by Crippen LogP contribution is 2.22. The van der Waals surface area contributed by atoms with Crippen molar-refractivity contribution in [1.82, 2.24) is 15.3 Å². The van der Waals surface area contributed by atoms with Gasteiger partial charge in [-0.3, -0.25) is 9.59 Å². The van der Waals surface area contributed by atoms with Crippen LogP contribution in [0.25, 0.3) is 0 Å². The minimum atomic E-state index is -0.361. The van der Waals surface area contributed by atoms with Crippen LogP contribution in [-0.2, 0) is 16.2 Å². The maximum atomic E-state index is 12.8. The number of hydrogen-bond acceptors (Lipinski definition) is 6. The Morgan fingerprint density at radius 3 is 1.98 bits per heavy atom. The van der Waals surface area contributed by atoms with E-state index in [-0.39, 0.29) is 17.9 Å². The maximum absolute atomic E-state index is 12.8. The third-order valence-corrected chi connectivity index (χ3v) is 8.65. The number of hydrogen-bond donors (Lipinski definition) is 2. The van der Waals surface area contributed by atoms with E-state index in [1.165, 1.54) is 58.3 Å². The molecule has 1 fully saturated rings. The molecule has 3 amide bonds. The van der Waals surface area contributed by atoms with Crippen molar-refractivity contribution in [3.63, 3.8) is 0 Å². The lowest BCUT2D eigenvalue weighted by atomic mass is 9.96. The summed E-state index contributed by atoms with van der Waals surface area (Å²) in [5.41, 5.74) is 3.45. The fourth-order valence-electron chi connectivity index (χ4n) is 5.85. The topological polar surface area (TPSA) is 94.2 Å². The van der Waals surface area contributed by atoms with E-state index < -0.39 is 0 Å². The number of anilines is 2. The van der Waals surface area contributed by atoms with Crippen LogP contribution in [0.2, 0.25) is 0 Å². The summed E-state index contributed by atoms with van der Waals surface area (Å²) in [4.78, 5) is 46.7. The second-order valence-electron chi connectivity index (χ2n) is 12.8. The van der Waals surface area contributed by atoms with E-state index in [1.54, 1.807) is 5.06 Å². The highest BCUT2D eigenvalue weighted by Gasteiger charge is 2.25. The summed E-state index contributed by atoms with van der Waals surface area (Å²) >= 11 is 0. The van der Waals surface area contributed by atoms with Gasteiger partial charge in [-0.15, -0.1) is 5.06 Å². The molecule has 0 aromatic heterocycles. The average molecular weight is 636 g/mol. The molecule has 1 saturated heterocycles. The molecule has 2 aromatic rings. The number of urea groups is 1. The molecule has 9 nitrogen and oxygen atoms in total. The first-order valence-corrected chi connectivity index (χ1v) is 17.4. The maximum Gasteiger partial charge on any atom is 0.322 e. The summed E-state index contributed by atoms with van der Waals surface area (Å²) in [5, 5.41) is 7.74. The van der Waals surface area contributed by atoms with Crippen molar-refractivity contribution in [1.29, 1.82) is 0 Å². The minimum Gasteiger partial charge on any atom is -0.378 e. The first-order valence-electron chi connectivity index (χ1n) is 17.4. The van der Waals surface area contributed by atoms with E-state index in [4.69, 9.17) is 4.84 Å². The van der Waals surface area contributed by atoms with Crippen LogP contribution in [0, 0.1) is 5.92 Å². The molecule has 1 heterocycles. The molecular weight excluding hydrogens is 578 g/mol. The number of likely N-dealkylation sites (tertiary alicyclic amines) is 1. The summed E-state index contributed by atoms with van der Waals surface area (Å²) in [6, 6.07) is 15.2. The van der Waals surface area contributed by atoms with Crippen LogP contribution in [0.1, 0.15) is 107 Å². The van der Waals surface area contributed by atoms with Gasteiger partial charge in [0.1, 0.15) is 0 Å². The van der Waals surface area contributed by atoms with Gasteiger partial charge >= 0.3 is 12.0 Å². The Hall–Kier alpha value is -3.59. The molecule has 0 aliphatic carbocycles. The average Bonchev–Trinajstić information content (AvgIpc) is 3.04. The number of nitrogens with one attached hydrogen (secondary N) is 2. The number of hydroxylamine groups is 2. The fourth-order valence-corrected chi connectivity index (χ4v) is 5.85. The quantitative estimate of drug-likeness (QED) is 0.122. The van der Waals surface area contributed by atoms with Gasteiger partial charge in [-0.05, 0) is 67.1 Å². The van der Waals surface area contributed by atoms with Gasteiger partial charge in [0.15, 0.2) is 0 Å². The molecule has 2 N–H and O–H groups in total. The van der Waals surface area contributed by atoms with Crippen LogP contribution in [0.15, 0.2) is 48.5 Å². The lowest BCUT2D eigenvalue weighted by Gasteiger charge is -2.34. The zero-order valence-corrected chi connectivity index (χ0v) is 28.7. The summed E-state index contributed by atoms with van der Waals surface area (Å²) in [6.07, 6.45) is 14.4. The number of carbonyl (C=O) groups is 3. The van der Waals surface area contributed by atoms with Gasteiger partial charge in [0.25, 0.3) is 5.91 Å². The van der Waals surface area contributed by atoms with Crippen molar-refractivity contribution in [3.05, 3.63) is 59.7 Å². The van der Waals surface area contributed by atoms with Crippen molar-refractivity contribution in [3.8, 4) is 0 Å². The van der Waals surface area contributed by atoms with Crippen LogP contribution in [0.4, 0.5) is 16.2 Å². The van der Waals surface area contributed by atoms with Crippen LogP contribution in [-0.4, -0.2) is 68.1 Å². The molecule has 0 unspecified atom stereocenters. The molecule has 46 heavy (non-hydrogen) atoms. The standard InChI is InChI=1S/C37H57N5O4/c1-5-6-7-8-9-10-11-12-13-14-25-38-36(44)33-17-15-31(16-18-33)28-42(46-30(2)43)29-32-23-26-41(27-24-32)37(45)39-34-19-21-35(22-20-34)40(3)4/h15-22,32H,5-14,23-29H2,1-4H3,(H,38,44)(H,39,45). The van der Waals surface area contributed by atoms with E-state index in [2.05, 4.69) is 17.6 Å². The summed E-state index contributed by atoms with van der Waals surface area (Å²) in [5.74, 6) is -0.126. The van der Waals surface area contributed by atoms with Crippen molar-refractivity contribution >= 4 is 29.3 Å². The molecule has 0 radical (unpaired) electrons. The van der Waals surface area contributed by atoms with Crippen molar-refractivity contribution in [2.45, 2.75) is 97.4 Å². The highest BCUT2D eigenvalue weighted by atomic mass is 16.7. The number of carbonyl (C=O) groups excluding carboxylic acids is 3. The molecule has 0 bridgehead atoms. The van der Waals surface area contributed by atoms with Crippen molar-refractivity contribution in [2.75, 3.05) is 50.5 Å². The first-order chi connectivity index (χ1) is 22.2. The Labute approximate surface area is 277 Å². The second kappa shape index (κ2) is 20.5. The Balaban J connectivity index is 1.36. The monoisotopic (exact) mass is 635 g/mol. The number of nitrogens with zero attached hydrogens (tertiary/aromatic N) is 3. The van der Waals surface area contributed by atoms with E-state index in [1.807, 2.05) is 72.4 Å². The molecule has 0 spiro atoms. The van der Waals surface area contributed by atoms with Crippen LogP contribution >= 0.6 is 0 Å². The van der Waals surface area contributed by atoms with Gasteiger partial charge in [0.2, 0.25) is 0 Å². The molecular formula is C37H57N5O4. The Morgan fingerprint density at radius 2 is 1.41 bits per heavy atom. The SMILES string of the molecule is CCCCCCCCCCCCNC(=O)c1ccc(CN(CC2CCN(C(=O)Nc3ccc(N(C)C)cc3)CC2)OC(C)=O)cc1. The molecule has 9 heteroatoms. The third kappa shape index (κ3) is 13.8. The molecule has 254 valence electrons.